The predicted octanol–water partition coefficient (Wildman–Crippen LogP) is 1.26. The number of aromatic nitrogens is 4. The van der Waals surface area contributed by atoms with E-state index >= 15 is 0 Å². The molecule has 2 aromatic rings. The van der Waals surface area contributed by atoms with E-state index in [4.69, 9.17) is 22.4 Å². The number of allylic oxidation sites excluding steroid dienone is 1. The number of hydrogen-bond donors (Lipinski definition) is 2. The van der Waals surface area contributed by atoms with Gasteiger partial charge in [-0.05, 0) is 6.42 Å². The number of carbonyl (C=O) groups is 1. The summed E-state index contributed by atoms with van der Waals surface area (Å²) in [6.07, 6.45) is 5.53. The number of halogens is 1. The molecule has 1 aliphatic carbocycles. The third kappa shape index (κ3) is 1.91. The second-order valence-electron chi connectivity index (χ2n) is 4.33. The van der Waals surface area contributed by atoms with Crippen LogP contribution in [0.5, 0.6) is 0 Å². The molecule has 1 aliphatic rings. The van der Waals surface area contributed by atoms with Gasteiger partial charge in [-0.25, -0.2) is 4.98 Å². The first-order valence-corrected chi connectivity index (χ1v) is 6.00. The Hall–Kier alpha value is -2.15. The molecule has 0 saturated carbocycles. The minimum atomic E-state index is -0.838. The van der Waals surface area contributed by atoms with Crippen LogP contribution in [0.1, 0.15) is 12.5 Å². The van der Waals surface area contributed by atoms with E-state index in [0.29, 0.717) is 17.6 Å². The summed E-state index contributed by atoms with van der Waals surface area (Å²) in [5.74, 6) is -1.26. The van der Waals surface area contributed by atoms with Crippen molar-refractivity contribution < 1.29 is 9.90 Å². The number of fused-ring (bicyclic) bond motifs is 1. The van der Waals surface area contributed by atoms with Gasteiger partial charge >= 0.3 is 5.97 Å². The number of aliphatic carboxylic acids is 1. The summed E-state index contributed by atoms with van der Waals surface area (Å²) >= 11 is 5.94. The number of nitrogen functional groups attached to an aromatic ring is 1. The van der Waals surface area contributed by atoms with E-state index < -0.39 is 11.9 Å². The Kier molecular flexibility index (Phi) is 2.63. The number of nitrogens with two attached hydrogens (primary N) is 1. The fourth-order valence-electron chi connectivity index (χ4n) is 2.21. The monoisotopic (exact) mass is 279 g/mol. The second kappa shape index (κ2) is 4.20. The van der Waals surface area contributed by atoms with E-state index in [1.807, 2.05) is 6.08 Å². The largest absolute Gasteiger partial charge is 0.481 e. The maximum absolute atomic E-state index is 10.9. The number of carboxylic acids is 1. The highest BCUT2D eigenvalue weighted by Gasteiger charge is 2.27. The smallest absolute Gasteiger partial charge is 0.310 e. The average molecular weight is 280 g/mol. The van der Waals surface area contributed by atoms with Gasteiger partial charge in [-0.1, -0.05) is 23.8 Å². The van der Waals surface area contributed by atoms with Crippen molar-refractivity contribution in [2.75, 3.05) is 5.73 Å². The molecule has 0 fully saturated rings. The van der Waals surface area contributed by atoms with Crippen molar-refractivity contribution in [1.29, 1.82) is 0 Å². The van der Waals surface area contributed by atoms with E-state index in [2.05, 4.69) is 15.0 Å². The highest BCUT2D eigenvalue weighted by Crippen LogP contribution is 2.31. The van der Waals surface area contributed by atoms with Crippen molar-refractivity contribution in [3.8, 4) is 0 Å². The molecule has 0 amide bonds. The fraction of sp³-hybridized carbons (Fsp3) is 0.273. The van der Waals surface area contributed by atoms with Gasteiger partial charge in [0.2, 0.25) is 5.95 Å². The number of nitrogens with zero attached hydrogens (tertiary/aromatic N) is 4. The zero-order valence-electron chi connectivity index (χ0n) is 9.69. The minimum Gasteiger partial charge on any atom is -0.481 e. The molecule has 3 N–H and O–H groups in total. The van der Waals surface area contributed by atoms with E-state index in [1.54, 1.807) is 17.0 Å². The van der Waals surface area contributed by atoms with Gasteiger partial charge < -0.3 is 15.4 Å². The van der Waals surface area contributed by atoms with Gasteiger partial charge in [-0.3, -0.25) is 4.79 Å². The molecule has 0 spiro atoms. The summed E-state index contributed by atoms with van der Waals surface area (Å²) in [5.41, 5.74) is 6.54. The summed E-state index contributed by atoms with van der Waals surface area (Å²) < 4.78 is 1.76. The molecule has 0 radical (unpaired) electrons. The third-order valence-corrected chi connectivity index (χ3v) is 3.40. The average Bonchev–Trinajstić information content (AvgIpc) is 2.93. The second-order valence-corrected chi connectivity index (χ2v) is 4.69. The van der Waals surface area contributed by atoms with Crippen LogP contribution in [0.3, 0.4) is 0 Å². The Balaban J connectivity index is 2.03. The van der Waals surface area contributed by atoms with Crippen molar-refractivity contribution in [2.45, 2.75) is 12.5 Å². The predicted molar refractivity (Wildman–Crippen MR) is 68.7 cm³/mol. The van der Waals surface area contributed by atoms with Crippen LogP contribution < -0.4 is 5.73 Å². The Morgan fingerprint density at radius 3 is 2.95 bits per heavy atom. The molecule has 0 aromatic carbocycles. The van der Waals surface area contributed by atoms with Gasteiger partial charge in [0.25, 0.3) is 0 Å². The molecular formula is C11H10ClN5O2. The molecule has 2 aromatic heterocycles. The van der Waals surface area contributed by atoms with E-state index in [1.165, 1.54) is 0 Å². The molecule has 3 rings (SSSR count). The van der Waals surface area contributed by atoms with Crippen LogP contribution in [0.25, 0.3) is 11.2 Å². The quantitative estimate of drug-likeness (QED) is 0.633. The molecule has 19 heavy (non-hydrogen) atoms. The van der Waals surface area contributed by atoms with Gasteiger partial charge in [-0.2, -0.15) is 9.97 Å². The normalized spacial score (nSPS) is 22.2. The topological polar surface area (TPSA) is 107 Å². The molecule has 0 aliphatic heterocycles. The Bertz CT molecular complexity index is 696. The number of anilines is 1. The van der Waals surface area contributed by atoms with Crippen LogP contribution in [0, 0.1) is 5.92 Å². The lowest BCUT2D eigenvalue weighted by molar-refractivity contribution is -0.140. The van der Waals surface area contributed by atoms with E-state index in [-0.39, 0.29) is 17.1 Å². The summed E-state index contributed by atoms with van der Waals surface area (Å²) in [7, 11) is 0. The lowest BCUT2D eigenvalue weighted by Gasteiger charge is -2.11. The van der Waals surface area contributed by atoms with Crippen molar-refractivity contribution in [2.24, 2.45) is 5.92 Å². The van der Waals surface area contributed by atoms with Crippen LogP contribution >= 0.6 is 11.6 Å². The molecule has 0 bridgehead atoms. The first kappa shape index (κ1) is 11.9. The van der Waals surface area contributed by atoms with Crippen LogP contribution in [-0.4, -0.2) is 30.6 Å². The molecule has 7 nitrogen and oxygen atoms in total. The molecular weight excluding hydrogens is 270 g/mol. The lowest BCUT2D eigenvalue weighted by atomic mass is 10.1. The van der Waals surface area contributed by atoms with Crippen LogP contribution in [0.4, 0.5) is 5.95 Å². The number of hydrogen-bond acceptors (Lipinski definition) is 5. The van der Waals surface area contributed by atoms with Crippen molar-refractivity contribution in [3.05, 3.63) is 23.6 Å². The number of rotatable bonds is 2. The van der Waals surface area contributed by atoms with E-state index in [9.17, 15) is 4.79 Å². The highest BCUT2D eigenvalue weighted by molar-refractivity contribution is 6.33. The Morgan fingerprint density at radius 1 is 1.47 bits per heavy atom. The first-order chi connectivity index (χ1) is 9.06. The Morgan fingerprint density at radius 2 is 2.26 bits per heavy atom. The first-order valence-electron chi connectivity index (χ1n) is 5.63. The molecule has 2 heterocycles. The fourth-order valence-corrected chi connectivity index (χ4v) is 2.43. The molecule has 0 saturated heterocycles. The lowest BCUT2D eigenvalue weighted by Crippen LogP contribution is -2.12. The summed E-state index contributed by atoms with van der Waals surface area (Å²) in [5, 5.41) is 9.18. The third-order valence-electron chi connectivity index (χ3n) is 3.13. The van der Waals surface area contributed by atoms with Crippen LogP contribution in [0.2, 0.25) is 5.15 Å². The van der Waals surface area contributed by atoms with Gasteiger partial charge in [0.05, 0.1) is 18.3 Å². The highest BCUT2D eigenvalue weighted by atomic mass is 35.5. The zero-order valence-corrected chi connectivity index (χ0v) is 10.4. The van der Waals surface area contributed by atoms with Gasteiger partial charge in [0.15, 0.2) is 10.8 Å². The Labute approximate surface area is 112 Å². The summed E-state index contributed by atoms with van der Waals surface area (Å²) in [6.45, 7) is 0. The van der Waals surface area contributed by atoms with Crippen LogP contribution in [0.15, 0.2) is 18.5 Å². The minimum absolute atomic E-state index is 0.0658. The summed E-state index contributed by atoms with van der Waals surface area (Å²) in [4.78, 5) is 23.0. The molecule has 98 valence electrons. The zero-order chi connectivity index (χ0) is 13.6. The molecule has 2 atom stereocenters. The maximum atomic E-state index is 10.9. The summed E-state index contributed by atoms with van der Waals surface area (Å²) in [6, 6.07) is -0.114. The van der Waals surface area contributed by atoms with Crippen molar-refractivity contribution in [1.82, 2.24) is 19.5 Å². The SMILES string of the molecule is Nc1nc(Cl)c2ncn(C3C=CC(C(=O)O)C3)c2n1. The van der Waals surface area contributed by atoms with Gasteiger partial charge in [0, 0.05) is 0 Å². The van der Waals surface area contributed by atoms with E-state index in [0.717, 1.165) is 0 Å². The molecule has 8 heteroatoms. The van der Waals surface area contributed by atoms with Crippen molar-refractivity contribution >= 4 is 34.7 Å². The molecule has 2 unspecified atom stereocenters. The van der Waals surface area contributed by atoms with Crippen molar-refractivity contribution in [3.63, 3.8) is 0 Å². The van der Waals surface area contributed by atoms with Crippen LogP contribution in [-0.2, 0) is 4.79 Å². The number of carboxylic acid groups (broad SMARTS) is 1. The standard InChI is InChI=1S/C11H10ClN5O2/c12-8-7-9(16-11(13)15-8)17(4-14-7)6-2-1-5(3-6)10(18)19/h1-2,4-6H,3H2,(H,18,19)(H2,13,15,16). The van der Waals surface area contributed by atoms with Gasteiger partial charge in [0.1, 0.15) is 5.52 Å². The van der Waals surface area contributed by atoms with Gasteiger partial charge in [-0.15, -0.1) is 0 Å². The maximum Gasteiger partial charge on any atom is 0.310 e. The number of imidazole rings is 1.